The van der Waals surface area contributed by atoms with Crippen LogP contribution in [-0.4, -0.2) is 35.1 Å². The molecule has 5 nitrogen and oxygen atoms in total. The Labute approximate surface area is 133 Å². The summed E-state index contributed by atoms with van der Waals surface area (Å²) in [5, 5.41) is 16.3. The zero-order valence-corrected chi connectivity index (χ0v) is 13.5. The summed E-state index contributed by atoms with van der Waals surface area (Å²) in [7, 11) is 0. The summed E-state index contributed by atoms with van der Waals surface area (Å²) in [5.74, 6) is -0.172. The molecular formula is C17H30N2O3. The van der Waals surface area contributed by atoms with Crippen molar-refractivity contribution in [1.29, 1.82) is 0 Å². The van der Waals surface area contributed by atoms with Crippen LogP contribution < -0.4 is 10.6 Å². The average molecular weight is 310 g/mol. The van der Waals surface area contributed by atoms with Crippen LogP contribution >= 0.6 is 0 Å². The van der Waals surface area contributed by atoms with E-state index < -0.39 is 5.60 Å². The zero-order valence-electron chi connectivity index (χ0n) is 13.5. The quantitative estimate of drug-likeness (QED) is 0.657. The van der Waals surface area contributed by atoms with Gasteiger partial charge in [-0.25, -0.2) is 0 Å². The van der Waals surface area contributed by atoms with Gasteiger partial charge in [0.2, 0.25) is 11.8 Å². The van der Waals surface area contributed by atoms with Gasteiger partial charge >= 0.3 is 0 Å². The number of aliphatic hydroxyl groups is 1. The highest BCUT2D eigenvalue weighted by Crippen LogP contribution is 2.26. The normalized spacial score (nSPS) is 22.0. The van der Waals surface area contributed by atoms with Crippen LogP contribution in [0.25, 0.3) is 0 Å². The van der Waals surface area contributed by atoms with Gasteiger partial charge in [-0.05, 0) is 25.7 Å². The second-order valence-corrected chi connectivity index (χ2v) is 6.96. The van der Waals surface area contributed by atoms with E-state index in [-0.39, 0.29) is 24.7 Å². The summed E-state index contributed by atoms with van der Waals surface area (Å²) < 4.78 is 0. The molecule has 5 heteroatoms. The van der Waals surface area contributed by atoms with Crippen molar-refractivity contribution in [2.75, 3.05) is 6.54 Å². The van der Waals surface area contributed by atoms with Crippen molar-refractivity contribution in [2.24, 2.45) is 0 Å². The van der Waals surface area contributed by atoms with Crippen LogP contribution in [0.4, 0.5) is 0 Å². The van der Waals surface area contributed by atoms with Crippen LogP contribution in [-0.2, 0) is 9.59 Å². The number of nitrogens with one attached hydrogen (secondary N) is 2. The third-order valence-electron chi connectivity index (χ3n) is 4.95. The van der Waals surface area contributed by atoms with Crippen LogP contribution in [0.3, 0.4) is 0 Å². The van der Waals surface area contributed by atoms with Crippen molar-refractivity contribution in [2.45, 2.75) is 88.7 Å². The van der Waals surface area contributed by atoms with Crippen LogP contribution in [0.2, 0.25) is 0 Å². The van der Waals surface area contributed by atoms with E-state index in [9.17, 15) is 14.7 Å². The standard InChI is InChI=1S/C17H30N2O3/c20-15(9-10-16(21)19-14-7-3-4-8-14)18-13-17(22)11-5-1-2-6-12-17/h14,22H,1-13H2,(H,18,20)(H,19,21). The Hall–Kier alpha value is -1.10. The van der Waals surface area contributed by atoms with E-state index in [0.29, 0.717) is 12.6 Å². The fourth-order valence-corrected chi connectivity index (χ4v) is 3.51. The number of carbonyl (C=O) groups is 2. The molecule has 0 aliphatic heterocycles. The first-order valence-corrected chi connectivity index (χ1v) is 8.86. The van der Waals surface area contributed by atoms with E-state index in [1.807, 2.05) is 0 Å². The van der Waals surface area contributed by atoms with E-state index in [1.54, 1.807) is 0 Å². The van der Waals surface area contributed by atoms with E-state index >= 15 is 0 Å². The maximum Gasteiger partial charge on any atom is 0.220 e. The van der Waals surface area contributed by atoms with Crippen molar-refractivity contribution in [3.05, 3.63) is 0 Å². The molecule has 0 aromatic heterocycles. The Morgan fingerprint density at radius 2 is 1.50 bits per heavy atom. The maximum atomic E-state index is 11.9. The zero-order chi connectivity index (χ0) is 15.8. The van der Waals surface area contributed by atoms with Crippen molar-refractivity contribution >= 4 is 11.8 Å². The molecule has 2 saturated carbocycles. The van der Waals surface area contributed by atoms with Gasteiger partial charge in [-0.3, -0.25) is 9.59 Å². The first kappa shape index (κ1) is 17.3. The molecule has 2 aliphatic carbocycles. The Morgan fingerprint density at radius 1 is 0.909 bits per heavy atom. The van der Waals surface area contributed by atoms with Gasteiger partial charge in [0, 0.05) is 25.4 Å². The predicted molar refractivity (Wildman–Crippen MR) is 85.3 cm³/mol. The monoisotopic (exact) mass is 310 g/mol. The summed E-state index contributed by atoms with van der Waals surface area (Å²) in [4.78, 5) is 23.6. The first-order valence-electron chi connectivity index (χ1n) is 8.86. The molecule has 22 heavy (non-hydrogen) atoms. The van der Waals surface area contributed by atoms with Gasteiger partial charge in [0.25, 0.3) is 0 Å². The number of carbonyl (C=O) groups excluding carboxylic acids is 2. The second-order valence-electron chi connectivity index (χ2n) is 6.96. The fourth-order valence-electron chi connectivity index (χ4n) is 3.51. The lowest BCUT2D eigenvalue weighted by molar-refractivity contribution is -0.127. The Kier molecular flexibility index (Phi) is 6.68. The van der Waals surface area contributed by atoms with Crippen LogP contribution in [0.1, 0.15) is 77.0 Å². The third kappa shape index (κ3) is 5.95. The lowest BCUT2D eigenvalue weighted by atomic mass is 9.94. The molecule has 0 atom stereocenters. The number of hydrogen-bond acceptors (Lipinski definition) is 3. The molecule has 2 fully saturated rings. The second kappa shape index (κ2) is 8.51. The van der Waals surface area contributed by atoms with Gasteiger partial charge in [0.15, 0.2) is 0 Å². The molecule has 3 N–H and O–H groups in total. The van der Waals surface area contributed by atoms with Crippen molar-refractivity contribution in [1.82, 2.24) is 10.6 Å². The Bertz CT molecular complexity index is 370. The molecule has 0 bridgehead atoms. The topological polar surface area (TPSA) is 78.4 Å². The number of hydrogen-bond donors (Lipinski definition) is 3. The summed E-state index contributed by atoms with van der Waals surface area (Å²) in [6.07, 6.45) is 10.8. The molecule has 2 amide bonds. The molecule has 0 aromatic carbocycles. The van der Waals surface area contributed by atoms with Crippen molar-refractivity contribution in [3.63, 3.8) is 0 Å². The van der Waals surface area contributed by atoms with Crippen molar-refractivity contribution in [3.8, 4) is 0 Å². The highest BCUT2D eigenvalue weighted by Gasteiger charge is 2.28. The number of rotatable bonds is 6. The SMILES string of the molecule is O=C(CCC(=O)NC1CCCC1)NCC1(O)CCCCCC1. The predicted octanol–water partition coefficient (Wildman–Crippen LogP) is 2.03. The maximum absolute atomic E-state index is 11.9. The van der Waals surface area contributed by atoms with E-state index in [1.165, 1.54) is 12.8 Å². The van der Waals surface area contributed by atoms with Crippen LogP contribution in [0, 0.1) is 0 Å². The average Bonchev–Trinajstić information content (AvgIpc) is 2.90. The minimum absolute atomic E-state index is 0.0322. The first-order chi connectivity index (χ1) is 10.6. The molecule has 0 saturated heterocycles. The smallest absolute Gasteiger partial charge is 0.220 e. The summed E-state index contributed by atoms with van der Waals surface area (Å²) in [5.41, 5.74) is -0.752. The van der Waals surface area contributed by atoms with Crippen LogP contribution in [0.15, 0.2) is 0 Å². The fraction of sp³-hybridized carbons (Fsp3) is 0.882. The van der Waals surface area contributed by atoms with E-state index in [0.717, 1.165) is 51.4 Å². The summed E-state index contributed by atoms with van der Waals surface area (Å²) >= 11 is 0. The van der Waals surface area contributed by atoms with Gasteiger partial charge in [0.1, 0.15) is 0 Å². The molecule has 0 unspecified atom stereocenters. The molecule has 2 aliphatic rings. The highest BCUT2D eigenvalue weighted by molar-refractivity contribution is 5.83. The molecule has 0 heterocycles. The molecule has 126 valence electrons. The molecular weight excluding hydrogens is 280 g/mol. The largest absolute Gasteiger partial charge is 0.388 e. The number of amides is 2. The minimum atomic E-state index is -0.752. The van der Waals surface area contributed by atoms with Gasteiger partial charge in [-0.15, -0.1) is 0 Å². The van der Waals surface area contributed by atoms with Gasteiger partial charge < -0.3 is 15.7 Å². The van der Waals surface area contributed by atoms with E-state index in [2.05, 4.69) is 10.6 Å². The Morgan fingerprint density at radius 3 is 2.14 bits per heavy atom. The minimum Gasteiger partial charge on any atom is -0.388 e. The van der Waals surface area contributed by atoms with Crippen molar-refractivity contribution < 1.29 is 14.7 Å². The lowest BCUT2D eigenvalue weighted by Crippen LogP contribution is -2.43. The molecule has 2 rings (SSSR count). The van der Waals surface area contributed by atoms with Gasteiger partial charge in [-0.1, -0.05) is 38.5 Å². The molecule has 0 aromatic rings. The van der Waals surface area contributed by atoms with Crippen LogP contribution in [0.5, 0.6) is 0 Å². The van der Waals surface area contributed by atoms with Gasteiger partial charge in [0.05, 0.1) is 5.60 Å². The van der Waals surface area contributed by atoms with E-state index in [4.69, 9.17) is 0 Å². The third-order valence-corrected chi connectivity index (χ3v) is 4.95. The Balaban J connectivity index is 1.61. The van der Waals surface area contributed by atoms with Gasteiger partial charge in [-0.2, -0.15) is 0 Å². The lowest BCUT2D eigenvalue weighted by Gasteiger charge is -2.26. The summed E-state index contributed by atoms with van der Waals surface area (Å²) in [6, 6.07) is 0.308. The summed E-state index contributed by atoms with van der Waals surface area (Å²) in [6.45, 7) is 0.316. The molecule has 0 spiro atoms. The highest BCUT2D eigenvalue weighted by atomic mass is 16.3. The molecule has 0 radical (unpaired) electrons.